The van der Waals surface area contributed by atoms with Crippen LogP contribution in [0.15, 0.2) is 64.4 Å². The fraction of sp³-hybridized carbons (Fsp3) is 0.300. The molecule has 46 heavy (non-hydrogen) atoms. The second-order valence-electron chi connectivity index (χ2n) is 13.3. The van der Waals surface area contributed by atoms with E-state index in [4.69, 9.17) is 8.83 Å². The minimum Gasteiger partial charge on any atom is -0.386 e. The third-order valence-electron chi connectivity index (χ3n) is 10.6. The zero-order chi connectivity index (χ0) is 31.4. The summed E-state index contributed by atoms with van der Waals surface area (Å²) in [6.07, 6.45) is 10.3. The van der Waals surface area contributed by atoms with Gasteiger partial charge < -0.3 is 8.83 Å². The van der Waals surface area contributed by atoms with Gasteiger partial charge in [-0.15, -0.1) is 0 Å². The van der Waals surface area contributed by atoms with E-state index >= 15 is 0 Å². The molecule has 0 aliphatic carbocycles. The van der Waals surface area contributed by atoms with Crippen LogP contribution >= 0.6 is 0 Å². The number of benzene rings is 7. The molecule has 0 N–H and O–H groups in total. The molecule has 0 amide bonds. The fourth-order valence-corrected chi connectivity index (χ4v) is 8.57. The first-order valence-electron chi connectivity index (χ1n) is 16.7. The van der Waals surface area contributed by atoms with Crippen molar-refractivity contribution < 1.29 is 8.83 Å². The van der Waals surface area contributed by atoms with Crippen LogP contribution < -0.4 is 22.5 Å². The van der Waals surface area contributed by atoms with Crippen molar-refractivity contribution in [1.82, 2.24) is 0 Å². The third kappa shape index (κ3) is 3.53. The smallest absolute Gasteiger partial charge is 0.346 e. The molecule has 9 rings (SSSR count). The van der Waals surface area contributed by atoms with Crippen LogP contribution in [0.1, 0.15) is 76.3 Å². The molecule has 228 valence electrons. The second-order valence-corrected chi connectivity index (χ2v) is 13.3. The highest BCUT2D eigenvalue weighted by Gasteiger charge is 2.29. The summed E-state index contributed by atoms with van der Waals surface area (Å²) in [4.78, 5) is 53.4. The van der Waals surface area contributed by atoms with Crippen LogP contribution in [0, 0.1) is 0 Å². The maximum atomic E-state index is 13.4. The van der Waals surface area contributed by atoms with Crippen LogP contribution in [0.5, 0.6) is 0 Å². The highest BCUT2D eigenvalue weighted by Crippen LogP contribution is 2.52. The average Bonchev–Trinajstić information content (AvgIpc) is 3.05. The van der Waals surface area contributed by atoms with Crippen molar-refractivity contribution >= 4 is 86.2 Å². The van der Waals surface area contributed by atoms with Gasteiger partial charge in [-0.3, -0.25) is 0 Å². The van der Waals surface area contributed by atoms with E-state index in [1.54, 1.807) is 0 Å². The summed E-state index contributed by atoms with van der Waals surface area (Å²) in [7, 11) is 0. The summed E-state index contributed by atoms with van der Waals surface area (Å²) in [5.41, 5.74) is -0.308. The van der Waals surface area contributed by atoms with Gasteiger partial charge in [-0.25, -0.2) is 19.2 Å². The Morgan fingerprint density at radius 2 is 0.783 bits per heavy atom. The molecule has 0 radical (unpaired) electrons. The maximum absolute atomic E-state index is 13.4. The van der Waals surface area contributed by atoms with E-state index in [9.17, 15) is 19.2 Å². The van der Waals surface area contributed by atoms with Crippen LogP contribution in [0.4, 0.5) is 0 Å². The summed E-state index contributed by atoms with van der Waals surface area (Å²) in [6.45, 7) is 4.38. The van der Waals surface area contributed by atoms with Crippen molar-refractivity contribution in [3.8, 4) is 0 Å². The lowest BCUT2D eigenvalue weighted by atomic mass is 9.78. The minimum atomic E-state index is -0.625. The zero-order valence-corrected chi connectivity index (χ0v) is 26.0. The average molecular weight is 609 g/mol. The quantitative estimate of drug-likeness (QED) is 0.0874. The van der Waals surface area contributed by atoms with Crippen molar-refractivity contribution in [3.63, 3.8) is 0 Å². The molecule has 0 aliphatic rings. The maximum Gasteiger partial charge on any atom is 0.346 e. The molecule has 9 aromatic rings. The highest BCUT2D eigenvalue weighted by atomic mass is 16.4. The van der Waals surface area contributed by atoms with Crippen LogP contribution in [0.2, 0.25) is 0 Å². The number of rotatable bonds is 10. The number of hydrogen-bond acceptors (Lipinski definition) is 6. The molecule has 6 nitrogen and oxygen atoms in total. The lowest BCUT2D eigenvalue weighted by Crippen LogP contribution is -2.14. The van der Waals surface area contributed by atoms with E-state index < -0.39 is 22.5 Å². The van der Waals surface area contributed by atoms with E-state index in [0.717, 1.165) is 129 Å². The first-order valence-corrected chi connectivity index (χ1v) is 16.7. The van der Waals surface area contributed by atoms with Gasteiger partial charge in [0.05, 0.1) is 21.5 Å². The van der Waals surface area contributed by atoms with E-state index in [2.05, 4.69) is 26.0 Å². The van der Waals surface area contributed by atoms with Crippen LogP contribution in [-0.4, -0.2) is 0 Å². The predicted molar refractivity (Wildman–Crippen MR) is 188 cm³/mol. The molecule has 2 aromatic heterocycles. The first kappa shape index (κ1) is 27.5. The van der Waals surface area contributed by atoms with Gasteiger partial charge in [0.25, 0.3) is 0 Å². The predicted octanol–water partition coefficient (Wildman–Crippen LogP) is 8.97. The van der Waals surface area contributed by atoms with Crippen molar-refractivity contribution in [1.29, 1.82) is 0 Å². The van der Waals surface area contributed by atoms with Crippen LogP contribution in [0.3, 0.4) is 0 Å². The first-order chi connectivity index (χ1) is 22.4. The fourth-order valence-electron chi connectivity index (χ4n) is 8.57. The Balaban J connectivity index is 1.57. The highest BCUT2D eigenvalue weighted by molar-refractivity contribution is 6.49. The van der Waals surface area contributed by atoms with Crippen molar-refractivity contribution in [2.45, 2.75) is 78.1 Å². The normalized spacial score (nSPS) is 12.9. The third-order valence-corrected chi connectivity index (χ3v) is 10.6. The lowest BCUT2D eigenvalue weighted by Gasteiger charge is -2.25. The molecule has 2 heterocycles. The molecule has 7 aromatic carbocycles. The van der Waals surface area contributed by atoms with E-state index in [0.29, 0.717) is 32.3 Å². The molecular formula is C40H32O6. The lowest BCUT2D eigenvalue weighted by molar-refractivity contribution is 0.488. The summed E-state index contributed by atoms with van der Waals surface area (Å²) in [5.74, 6) is 0. The molecular weight excluding hydrogens is 576 g/mol. The van der Waals surface area contributed by atoms with Crippen LogP contribution in [-0.2, 0) is 12.8 Å². The van der Waals surface area contributed by atoms with E-state index in [1.165, 1.54) is 0 Å². The summed E-state index contributed by atoms with van der Waals surface area (Å²) in [5, 5.41) is 12.3. The zero-order valence-electron chi connectivity index (χ0n) is 26.0. The van der Waals surface area contributed by atoms with E-state index in [1.807, 2.05) is 24.3 Å². The Hall–Kier alpha value is -4.84. The second kappa shape index (κ2) is 9.83. The minimum absolute atomic E-state index is 0.407. The standard InChI is InChI=1S/C40H32O6/c1-3-5-7-9-11-19-13-21-15-25-32-28(40(44)46-37(25)41)18-24-20(12-10-8-6-4-2)14-22-16-26-31-27(39(43)45-38(26)42)17-23(19)33-29(21)36(32)34(24)30(22)35(31)33/h13-18H,3-12H2,1-2H3. The van der Waals surface area contributed by atoms with Gasteiger partial charge in [0, 0.05) is 21.5 Å². The molecule has 0 aliphatic heterocycles. The summed E-state index contributed by atoms with van der Waals surface area (Å²) < 4.78 is 10.7. The van der Waals surface area contributed by atoms with Crippen molar-refractivity contribution in [3.05, 3.63) is 89.2 Å². The Labute approximate surface area is 261 Å². The SMILES string of the molecule is CCCCCCc1cc2cc3c(=O)oc(=O)c4cc5c(CCCCCC)cc6cc7c(=O)oc(=O)c8cc1c1c2c(c34)c5c6c1c78. The van der Waals surface area contributed by atoms with Gasteiger partial charge in [-0.1, -0.05) is 64.5 Å². The largest absolute Gasteiger partial charge is 0.386 e. The number of hydrogen-bond donors (Lipinski definition) is 0. The molecule has 0 saturated heterocycles. The van der Waals surface area contributed by atoms with Crippen LogP contribution in [0.25, 0.3) is 86.2 Å². The Kier molecular flexibility index (Phi) is 5.87. The Morgan fingerprint density at radius 1 is 0.391 bits per heavy atom. The van der Waals surface area contributed by atoms with Gasteiger partial charge >= 0.3 is 22.5 Å². The molecule has 6 heteroatoms. The molecule has 0 saturated carbocycles. The molecule has 0 atom stereocenters. The summed E-state index contributed by atoms with van der Waals surface area (Å²) >= 11 is 0. The van der Waals surface area contributed by atoms with Gasteiger partial charge in [-0.05, 0) is 104 Å². The monoisotopic (exact) mass is 608 g/mol. The summed E-state index contributed by atoms with van der Waals surface area (Å²) in [6, 6.07) is 11.9. The van der Waals surface area contributed by atoms with Gasteiger partial charge in [0.1, 0.15) is 0 Å². The Bertz CT molecular complexity index is 2660. The van der Waals surface area contributed by atoms with E-state index in [-0.39, 0.29) is 0 Å². The molecule has 0 fully saturated rings. The van der Waals surface area contributed by atoms with Gasteiger partial charge in [-0.2, -0.15) is 0 Å². The topological polar surface area (TPSA) is 94.6 Å². The van der Waals surface area contributed by atoms with Gasteiger partial charge in [0.15, 0.2) is 0 Å². The molecule has 0 unspecified atom stereocenters. The molecule has 0 spiro atoms. The van der Waals surface area contributed by atoms with Crippen molar-refractivity contribution in [2.24, 2.45) is 0 Å². The molecule has 0 bridgehead atoms. The number of aryl methyl sites for hydroxylation is 2. The van der Waals surface area contributed by atoms with Gasteiger partial charge in [0.2, 0.25) is 0 Å². The number of unbranched alkanes of at least 4 members (excludes halogenated alkanes) is 6. The Morgan fingerprint density at radius 3 is 1.17 bits per heavy atom. The van der Waals surface area contributed by atoms with Crippen molar-refractivity contribution in [2.75, 3.05) is 0 Å².